The highest BCUT2D eigenvalue weighted by atomic mass is 19.1. The summed E-state index contributed by atoms with van der Waals surface area (Å²) in [6, 6.07) is 5.44. The maximum Gasteiger partial charge on any atom is 0.123 e. The van der Waals surface area contributed by atoms with Gasteiger partial charge in [-0.05, 0) is 50.1 Å². The smallest absolute Gasteiger partial charge is 0.123 e. The summed E-state index contributed by atoms with van der Waals surface area (Å²) >= 11 is 0. The van der Waals surface area contributed by atoms with E-state index in [2.05, 4.69) is 24.1 Å². The van der Waals surface area contributed by atoms with Gasteiger partial charge >= 0.3 is 0 Å². The summed E-state index contributed by atoms with van der Waals surface area (Å²) in [5.74, 6) is -0.138. The van der Waals surface area contributed by atoms with Crippen LogP contribution in [-0.4, -0.2) is 19.6 Å². The van der Waals surface area contributed by atoms with Crippen LogP contribution >= 0.6 is 0 Å². The monoisotopic (exact) mass is 278 g/mol. The van der Waals surface area contributed by atoms with Gasteiger partial charge in [-0.2, -0.15) is 0 Å². The molecule has 0 radical (unpaired) electrons. The van der Waals surface area contributed by atoms with Crippen molar-refractivity contribution in [3.8, 4) is 0 Å². The summed E-state index contributed by atoms with van der Waals surface area (Å²) in [4.78, 5) is 2.45. The van der Waals surface area contributed by atoms with Crippen molar-refractivity contribution in [2.75, 3.05) is 24.5 Å². The van der Waals surface area contributed by atoms with Crippen molar-refractivity contribution in [3.63, 3.8) is 0 Å². The lowest BCUT2D eigenvalue weighted by molar-refractivity contribution is 0.547. The van der Waals surface area contributed by atoms with Crippen LogP contribution in [0.15, 0.2) is 18.2 Å². The Morgan fingerprint density at radius 2 is 1.80 bits per heavy atom. The predicted octanol–water partition coefficient (Wildman–Crippen LogP) is 4.27. The fourth-order valence-corrected chi connectivity index (χ4v) is 3.06. The van der Waals surface area contributed by atoms with Gasteiger partial charge in [0.25, 0.3) is 0 Å². The molecule has 1 fully saturated rings. The van der Waals surface area contributed by atoms with Crippen molar-refractivity contribution >= 4 is 5.69 Å². The van der Waals surface area contributed by atoms with Gasteiger partial charge in [0.05, 0.1) is 0 Å². The normalized spacial score (nSPS) is 18.4. The summed E-state index contributed by atoms with van der Waals surface area (Å²) in [7, 11) is 0. The van der Waals surface area contributed by atoms with Crippen LogP contribution in [0.5, 0.6) is 0 Å². The number of anilines is 1. The van der Waals surface area contributed by atoms with E-state index in [4.69, 9.17) is 0 Å². The molecule has 0 spiro atoms. The Morgan fingerprint density at radius 3 is 2.45 bits per heavy atom. The topological polar surface area (TPSA) is 15.3 Å². The van der Waals surface area contributed by atoms with Crippen LogP contribution in [0.3, 0.4) is 0 Å². The number of benzene rings is 1. The molecule has 1 aliphatic rings. The van der Waals surface area contributed by atoms with E-state index in [9.17, 15) is 4.39 Å². The molecule has 1 aromatic rings. The minimum Gasteiger partial charge on any atom is -0.371 e. The molecule has 1 aliphatic heterocycles. The highest BCUT2D eigenvalue weighted by Gasteiger charge is 2.17. The first kappa shape index (κ1) is 15.3. The van der Waals surface area contributed by atoms with E-state index in [1.807, 2.05) is 6.07 Å². The van der Waals surface area contributed by atoms with E-state index in [1.165, 1.54) is 37.8 Å². The minimum absolute atomic E-state index is 0.138. The average Bonchev–Trinajstić information content (AvgIpc) is 2.39. The molecule has 0 bridgehead atoms. The van der Waals surface area contributed by atoms with Gasteiger partial charge in [0.15, 0.2) is 0 Å². The van der Waals surface area contributed by atoms with Gasteiger partial charge in [0, 0.05) is 24.8 Å². The molecule has 1 saturated heterocycles. The standard InChI is InChI=1S/C17H27FN2/c1-3-19-14(2)16-13-15(18)9-10-17(16)20-11-7-5-4-6-8-12-20/h9-10,13-14,19H,3-8,11-12H2,1-2H3. The van der Waals surface area contributed by atoms with Gasteiger partial charge in [-0.3, -0.25) is 0 Å². The molecule has 112 valence electrons. The van der Waals surface area contributed by atoms with Crippen molar-refractivity contribution in [2.24, 2.45) is 0 Å². The van der Waals surface area contributed by atoms with Crippen molar-refractivity contribution in [2.45, 2.75) is 52.0 Å². The van der Waals surface area contributed by atoms with Gasteiger partial charge in [-0.15, -0.1) is 0 Å². The first-order chi connectivity index (χ1) is 9.72. The maximum atomic E-state index is 13.6. The summed E-state index contributed by atoms with van der Waals surface area (Å²) in [6.07, 6.45) is 6.47. The summed E-state index contributed by atoms with van der Waals surface area (Å²) in [5, 5.41) is 3.40. The fourth-order valence-electron chi connectivity index (χ4n) is 3.06. The third kappa shape index (κ3) is 3.95. The summed E-state index contributed by atoms with van der Waals surface area (Å²) in [6.45, 7) is 7.30. The second kappa shape index (κ2) is 7.63. The van der Waals surface area contributed by atoms with Crippen molar-refractivity contribution in [1.29, 1.82) is 0 Å². The van der Waals surface area contributed by atoms with E-state index in [0.717, 1.165) is 25.2 Å². The summed E-state index contributed by atoms with van der Waals surface area (Å²) < 4.78 is 13.6. The quantitative estimate of drug-likeness (QED) is 0.885. The lowest BCUT2D eigenvalue weighted by Gasteiger charge is -2.30. The molecule has 1 heterocycles. The van der Waals surface area contributed by atoms with E-state index in [1.54, 1.807) is 12.1 Å². The van der Waals surface area contributed by atoms with Crippen molar-refractivity contribution < 1.29 is 4.39 Å². The molecular formula is C17H27FN2. The summed E-state index contributed by atoms with van der Waals surface area (Å²) in [5.41, 5.74) is 2.30. The van der Waals surface area contributed by atoms with Crippen LogP contribution in [-0.2, 0) is 0 Å². The Bertz CT molecular complexity index is 411. The fraction of sp³-hybridized carbons (Fsp3) is 0.647. The van der Waals surface area contributed by atoms with E-state index >= 15 is 0 Å². The average molecular weight is 278 g/mol. The maximum absolute atomic E-state index is 13.6. The molecule has 2 rings (SSSR count). The third-order valence-corrected chi connectivity index (χ3v) is 4.16. The largest absolute Gasteiger partial charge is 0.371 e. The molecule has 1 unspecified atom stereocenters. The van der Waals surface area contributed by atoms with Gasteiger partial charge in [0.1, 0.15) is 5.82 Å². The lowest BCUT2D eigenvalue weighted by atomic mass is 10.0. The number of nitrogens with zero attached hydrogens (tertiary/aromatic N) is 1. The zero-order valence-electron chi connectivity index (χ0n) is 12.8. The Balaban J connectivity index is 2.23. The van der Waals surface area contributed by atoms with Crippen LogP contribution in [0.4, 0.5) is 10.1 Å². The molecule has 1 atom stereocenters. The molecule has 0 saturated carbocycles. The minimum atomic E-state index is -0.138. The highest BCUT2D eigenvalue weighted by Crippen LogP contribution is 2.29. The zero-order chi connectivity index (χ0) is 14.4. The second-order valence-corrected chi connectivity index (χ2v) is 5.74. The third-order valence-electron chi connectivity index (χ3n) is 4.16. The predicted molar refractivity (Wildman–Crippen MR) is 83.8 cm³/mol. The molecule has 0 aliphatic carbocycles. The van der Waals surface area contributed by atoms with Gasteiger partial charge in [-0.25, -0.2) is 4.39 Å². The van der Waals surface area contributed by atoms with Gasteiger partial charge < -0.3 is 10.2 Å². The van der Waals surface area contributed by atoms with E-state index in [-0.39, 0.29) is 11.9 Å². The van der Waals surface area contributed by atoms with Crippen LogP contribution in [0, 0.1) is 5.82 Å². The Morgan fingerprint density at radius 1 is 1.15 bits per heavy atom. The van der Waals surface area contributed by atoms with E-state index < -0.39 is 0 Å². The van der Waals surface area contributed by atoms with Gasteiger partial charge in [0.2, 0.25) is 0 Å². The molecule has 20 heavy (non-hydrogen) atoms. The molecule has 0 amide bonds. The van der Waals surface area contributed by atoms with Crippen LogP contribution in [0.1, 0.15) is 57.6 Å². The first-order valence-corrected chi connectivity index (χ1v) is 8.00. The Kier molecular flexibility index (Phi) is 5.84. The highest BCUT2D eigenvalue weighted by molar-refractivity contribution is 5.55. The van der Waals surface area contributed by atoms with Crippen molar-refractivity contribution in [1.82, 2.24) is 5.32 Å². The number of rotatable bonds is 4. The Hall–Kier alpha value is -1.09. The van der Waals surface area contributed by atoms with Crippen LogP contribution < -0.4 is 10.2 Å². The Labute approximate surface area is 122 Å². The molecule has 1 N–H and O–H groups in total. The van der Waals surface area contributed by atoms with Gasteiger partial charge in [-0.1, -0.05) is 26.2 Å². The second-order valence-electron chi connectivity index (χ2n) is 5.74. The van der Waals surface area contributed by atoms with Crippen molar-refractivity contribution in [3.05, 3.63) is 29.6 Å². The number of nitrogens with one attached hydrogen (secondary N) is 1. The number of hydrogen-bond acceptors (Lipinski definition) is 2. The molecule has 2 nitrogen and oxygen atoms in total. The number of halogens is 1. The SMILES string of the molecule is CCNC(C)c1cc(F)ccc1N1CCCCCCC1. The molecular weight excluding hydrogens is 251 g/mol. The molecule has 0 aromatic heterocycles. The number of hydrogen-bond donors (Lipinski definition) is 1. The molecule has 3 heteroatoms. The van der Waals surface area contributed by atoms with Crippen LogP contribution in [0.2, 0.25) is 0 Å². The zero-order valence-corrected chi connectivity index (χ0v) is 12.8. The van der Waals surface area contributed by atoms with Crippen LogP contribution in [0.25, 0.3) is 0 Å². The lowest BCUT2D eigenvalue weighted by Crippen LogP contribution is -2.29. The van der Waals surface area contributed by atoms with E-state index in [0.29, 0.717) is 0 Å². The first-order valence-electron chi connectivity index (χ1n) is 8.00. The molecule has 1 aromatic carbocycles.